The van der Waals surface area contributed by atoms with Crippen LogP contribution in [0.5, 0.6) is 5.75 Å². The molecule has 0 radical (unpaired) electrons. The van der Waals surface area contributed by atoms with Crippen molar-refractivity contribution in [3.8, 4) is 5.75 Å². The molecule has 214 valence electrons. The average molecular weight is 539 g/mol. The summed E-state index contributed by atoms with van der Waals surface area (Å²) in [6.07, 6.45) is 15.4. The predicted octanol–water partition coefficient (Wildman–Crippen LogP) is 7.55. The van der Waals surface area contributed by atoms with Crippen LogP contribution in [0.4, 0.5) is 11.4 Å². The van der Waals surface area contributed by atoms with Crippen molar-refractivity contribution < 1.29 is 24.2 Å². The molecule has 0 saturated carbocycles. The Kier molecular flexibility index (Phi) is 13.7. The van der Waals surface area contributed by atoms with Gasteiger partial charge in [-0.2, -0.15) is 0 Å². The number of rotatable bonds is 18. The van der Waals surface area contributed by atoms with Gasteiger partial charge in [0, 0.05) is 24.8 Å². The molecule has 2 aromatic carbocycles. The molecule has 0 spiro atoms. The highest BCUT2D eigenvalue weighted by Crippen LogP contribution is 2.31. The number of carbonyl (C=O) groups is 2. The molecule has 1 heterocycles. The molecule has 0 unspecified atom stereocenters. The molecule has 0 aliphatic carbocycles. The number of nitrogens with zero attached hydrogens (tertiary/aromatic N) is 1. The lowest BCUT2D eigenvalue weighted by molar-refractivity contribution is 0.0692. The molecule has 39 heavy (non-hydrogen) atoms. The normalized spacial score (nSPS) is 13.3. The molecule has 1 aliphatic rings. The largest absolute Gasteiger partial charge is 0.491 e. The number of aromatic carboxylic acids is 1. The number of carboxylic acid groups (broad SMARTS) is 1. The minimum absolute atomic E-state index is 0.0288. The molecule has 0 bridgehead atoms. The molecule has 0 atom stereocenters. The van der Waals surface area contributed by atoms with Crippen LogP contribution in [0.3, 0.4) is 0 Å². The molecule has 1 fully saturated rings. The monoisotopic (exact) mass is 538 g/mol. The fourth-order valence-corrected chi connectivity index (χ4v) is 4.93. The second-order valence-corrected chi connectivity index (χ2v) is 10.3. The zero-order chi connectivity index (χ0) is 27.7. The third-order valence-electron chi connectivity index (χ3n) is 7.25. The Bertz CT molecular complexity index is 1020. The van der Waals surface area contributed by atoms with E-state index in [2.05, 4.69) is 17.1 Å². The van der Waals surface area contributed by atoms with Crippen molar-refractivity contribution in [2.75, 3.05) is 43.1 Å². The summed E-state index contributed by atoms with van der Waals surface area (Å²) < 4.78 is 11.7. The summed E-state index contributed by atoms with van der Waals surface area (Å²) >= 11 is 0. The second-order valence-electron chi connectivity index (χ2n) is 10.3. The number of amides is 1. The highest BCUT2D eigenvalue weighted by Gasteiger charge is 2.19. The van der Waals surface area contributed by atoms with Crippen molar-refractivity contribution in [3.63, 3.8) is 0 Å². The van der Waals surface area contributed by atoms with E-state index in [1.54, 1.807) is 12.1 Å². The van der Waals surface area contributed by atoms with Crippen molar-refractivity contribution in [3.05, 3.63) is 53.6 Å². The van der Waals surface area contributed by atoms with Crippen molar-refractivity contribution in [1.82, 2.24) is 0 Å². The first-order chi connectivity index (χ1) is 19.1. The number of carboxylic acids is 1. The van der Waals surface area contributed by atoms with Crippen LogP contribution in [0, 0.1) is 0 Å². The Labute approximate surface area is 233 Å². The Morgan fingerprint density at radius 1 is 0.846 bits per heavy atom. The van der Waals surface area contributed by atoms with E-state index in [1.807, 2.05) is 18.2 Å². The van der Waals surface area contributed by atoms with Crippen LogP contribution in [0.25, 0.3) is 0 Å². The highest BCUT2D eigenvalue weighted by molar-refractivity contribution is 6.11. The third kappa shape index (κ3) is 10.6. The van der Waals surface area contributed by atoms with E-state index in [4.69, 9.17) is 9.47 Å². The van der Waals surface area contributed by atoms with Gasteiger partial charge in [-0.1, -0.05) is 89.7 Å². The van der Waals surface area contributed by atoms with Crippen LogP contribution in [0.1, 0.15) is 105 Å². The maximum atomic E-state index is 13.0. The van der Waals surface area contributed by atoms with E-state index in [-0.39, 0.29) is 11.1 Å². The van der Waals surface area contributed by atoms with Gasteiger partial charge in [0.1, 0.15) is 5.75 Å². The Morgan fingerprint density at radius 2 is 1.44 bits per heavy atom. The summed E-state index contributed by atoms with van der Waals surface area (Å²) in [5, 5.41) is 12.4. The van der Waals surface area contributed by atoms with Gasteiger partial charge >= 0.3 is 5.97 Å². The molecule has 0 aromatic heterocycles. The number of morpholine rings is 1. The Hall–Kier alpha value is -3.06. The summed E-state index contributed by atoms with van der Waals surface area (Å²) in [4.78, 5) is 26.8. The fourth-order valence-electron chi connectivity index (χ4n) is 4.93. The lowest BCUT2D eigenvalue weighted by atomic mass is 10.1. The molecular formula is C32H46N2O5. The van der Waals surface area contributed by atoms with Gasteiger partial charge in [-0.25, -0.2) is 4.79 Å². The number of carbonyl (C=O) groups excluding carboxylic acids is 1. The Balaban J connectivity index is 1.51. The van der Waals surface area contributed by atoms with E-state index < -0.39 is 11.9 Å². The number of hydrogen-bond donors (Lipinski definition) is 2. The van der Waals surface area contributed by atoms with Crippen molar-refractivity contribution in [1.29, 1.82) is 0 Å². The third-order valence-corrected chi connectivity index (χ3v) is 7.25. The Morgan fingerprint density at radius 3 is 2.05 bits per heavy atom. The summed E-state index contributed by atoms with van der Waals surface area (Å²) in [5.41, 5.74) is 1.65. The quantitative estimate of drug-likeness (QED) is 0.191. The zero-order valence-corrected chi connectivity index (χ0v) is 23.6. The van der Waals surface area contributed by atoms with Crippen LogP contribution in [-0.4, -0.2) is 49.9 Å². The number of anilines is 2. The van der Waals surface area contributed by atoms with Gasteiger partial charge in [-0.3, -0.25) is 4.79 Å². The van der Waals surface area contributed by atoms with Crippen LogP contribution >= 0.6 is 0 Å². The standard InChI is InChI=1S/C32H46N2O5/c1-2-3-4-5-6-7-8-9-10-11-12-15-22-39-30-25-26(34-20-23-38-24-21-34)18-19-29(30)33-31(35)27-16-13-14-17-28(27)32(36)37/h13-14,16-19,25H,2-12,15,20-24H2,1H3,(H,33,35)(H,36,37). The summed E-state index contributed by atoms with van der Waals surface area (Å²) in [7, 11) is 0. The van der Waals surface area contributed by atoms with E-state index in [0.717, 1.165) is 31.6 Å². The maximum Gasteiger partial charge on any atom is 0.336 e. The minimum Gasteiger partial charge on any atom is -0.491 e. The number of ether oxygens (including phenoxy) is 2. The minimum atomic E-state index is -1.13. The first-order valence-corrected chi connectivity index (χ1v) is 14.8. The molecule has 1 amide bonds. The van der Waals surface area contributed by atoms with E-state index in [1.165, 1.54) is 76.3 Å². The summed E-state index contributed by atoms with van der Waals surface area (Å²) in [6.45, 7) is 5.79. The van der Waals surface area contributed by atoms with Crippen molar-refractivity contribution >= 4 is 23.3 Å². The summed E-state index contributed by atoms with van der Waals surface area (Å²) in [6, 6.07) is 12.0. The molecule has 3 rings (SSSR count). The lowest BCUT2D eigenvalue weighted by Gasteiger charge is -2.29. The number of nitrogens with one attached hydrogen (secondary N) is 1. The van der Waals surface area contributed by atoms with Gasteiger partial charge in [-0.05, 0) is 30.7 Å². The summed E-state index contributed by atoms with van der Waals surface area (Å²) in [5.74, 6) is -1.00. The van der Waals surface area contributed by atoms with Gasteiger partial charge in [0.05, 0.1) is 36.6 Å². The molecule has 1 aliphatic heterocycles. The van der Waals surface area contributed by atoms with Gasteiger partial charge in [0.25, 0.3) is 5.91 Å². The van der Waals surface area contributed by atoms with Gasteiger partial charge in [-0.15, -0.1) is 0 Å². The molecule has 7 nitrogen and oxygen atoms in total. The maximum absolute atomic E-state index is 13.0. The van der Waals surface area contributed by atoms with Gasteiger partial charge < -0.3 is 24.8 Å². The number of unbranched alkanes of at least 4 members (excludes halogenated alkanes) is 11. The van der Waals surface area contributed by atoms with Crippen LogP contribution in [-0.2, 0) is 4.74 Å². The number of hydrogen-bond acceptors (Lipinski definition) is 5. The molecule has 7 heteroatoms. The van der Waals surface area contributed by atoms with Crippen LogP contribution in [0.15, 0.2) is 42.5 Å². The van der Waals surface area contributed by atoms with Crippen LogP contribution in [0.2, 0.25) is 0 Å². The van der Waals surface area contributed by atoms with Crippen molar-refractivity contribution in [2.24, 2.45) is 0 Å². The molecule has 2 aromatic rings. The topological polar surface area (TPSA) is 88.1 Å². The SMILES string of the molecule is CCCCCCCCCCCCCCOc1cc(N2CCOCC2)ccc1NC(=O)c1ccccc1C(=O)O. The van der Waals surface area contributed by atoms with E-state index >= 15 is 0 Å². The van der Waals surface area contributed by atoms with Crippen molar-refractivity contribution in [2.45, 2.75) is 84.0 Å². The molecule has 2 N–H and O–H groups in total. The first-order valence-electron chi connectivity index (χ1n) is 14.8. The van der Waals surface area contributed by atoms with Gasteiger partial charge in [0.15, 0.2) is 0 Å². The van der Waals surface area contributed by atoms with Crippen LogP contribution < -0.4 is 15.0 Å². The van der Waals surface area contributed by atoms with Gasteiger partial charge in [0.2, 0.25) is 0 Å². The lowest BCUT2D eigenvalue weighted by Crippen LogP contribution is -2.36. The zero-order valence-electron chi connectivity index (χ0n) is 23.6. The van der Waals surface area contributed by atoms with E-state index in [0.29, 0.717) is 31.3 Å². The number of benzene rings is 2. The highest BCUT2D eigenvalue weighted by atomic mass is 16.5. The van der Waals surface area contributed by atoms with E-state index in [9.17, 15) is 14.7 Å². The molecular weight excluding hydrogens is 492 g/mol. The smallest absolute Gasteiger partial charge is 0.336 e. The fraction of sp³-hybridized carbons (Fsp3) is 0.562. The molecule has 1 saturated heterocycles. The second kappa shape index (κ2) is 17.5. The first kappa shape index (κ1) is 30.5. The predicted molar refractivity (Wildman–Crippen MR) is 157 cm³/mol. The average Bonchev–Trinajstić information content (AvgIpc) is 2.96.